The van der Waals surface area contributed by atoms with E-state index in [2.05, 4.69) is 57.0 Å². The Morgan fingerprint density at radius 2 is 2.12 bits per heavy atom. The van der Waals surface area contributed by atoms with Crippen molar-refractivity contribution < 1.29 is 4.74 Å². The molecule has 0 spiro atoms. The summed E-state index contributed by atoms with van der Waals surface area (Å²) in [6.45, 7) is 4.52. The third-order valence-electron chi connectivity index (χ3n) is 4.50. The van der Waals surface area contributed by atoms with Crippen molar-refractivity contribution in [2.24, 2.45) is 10.9 Å². The van der Waals surface area contributed by atoms with Crippen molar-refractivity contribution in [3.8, 4) is 0 Å². The fourth-order valence-corrected chi connectivity index (χ4v) is 3.87. The fraction of sp³-hybridized carbons (Fsp3) is 0.450. The largest absolute Gasteiger partial charge is 0.376 e. The van der Waals surface area contributed by atoms with Gasteiger partial charge >= 0.3 is 0 Å². The average Bonchev–Trinajstić information content (AvgIpc) is 3.32. The first kappa shape index (κ1) is 21.2. The molecule has 0 amide bonds. The quantitative estimate of drug-likeness (QED) is 0.366. The van der Waals surface area contributed by atoms with Gasteiger partial charge in [-0.1, -0.05) is 36.4 Å². The Morgan fingerprint density at radius 3 is 2.85 bits per heavy atom. The number of likely N-dealkylation sites (tertiary alicyclic amines) is 1. The minimum Gasteiger partial charge on any atom is -0.376 e. The average molecular weight is 485 g/mol. The molecule has 142 valence electrons. The number of benzene rings is 1. The van der Waals surface area contributed by atoms with Gasteiger partial charge in [0.05, 0.1) is 13.2 Å². The van der Waals surface area contributed by atoms with E-state index in [4.69, 9.17) is 4.74 Å². The number of ether oxygens (including phenoxy) is 1. The molecular formula is C20H28IN3OS. The third-order valence-corrected chi connectivity index (χ3v) is 5.43. The van der Waals surface area contributed by atoms with E-state index in [1.54, 1.807) is 0 Å². The SMILES string of the molecule is CN=C(NCCc1cccs1)N1CCC(COCc2ccccc2)C1.I. The van der Waals surface area contributed by atoms with Gasteiger partial charge in [-0.3, -0.25) is 4.99 Å². The van der Waals surface area contributed by atoms with Crippen LogP contribution in [0.1, 0.15) is 16.9 Å². The summed E-state index contributed by atoms with van der Waals surface area (Å²) in [5.74, 6) is 1.60. The topological polar surface area (TPSA) is 36.9 Å². The molecule has 1 aromatic heterocycles. The van der Waals surface area contributed by atoms with Gasteiger partial charge in [-0.2, -0.15) is 0 Å². The molecule has 1 aliphatic heterocycles. The summed E-state index contributed by atoms with van der Waals surface area (Å²) in [4.78, 5) is 8.21. The van der Waals surface area contributed by atoms with Gasteiger partial charge in [-0.25, -0.2) is 0 Å². The van der Waals surface area contributed by atoms with E-state index in [-0.39, 0.29) is 24.0 Å². The second kappa shape index (κ2) is 11.6. The maximum atomic E-state index is 5.91. The van der Waals surface area contributed by atoms with Crippen molar-refractivity contribution in [2.75, 3.05) is 33.3 Å². The van der Waals surface area contributed by atoms with Crippen LogP contribution >= 0.6 is 35.3 Å². The number of halogens is 1. The second-order valence-electron chi connectivity index (χ2n) is 6.40. The molecule has 1 unspecified atom stereocenters. The van der Waals surface area contributed by atoms with Crippen LogP contribution in [-0.4, -0.2) is 44.1 Å². The third kappa shape index (κ3) is 6.55. The molecule has 0 radical (unpaired) electrons. The first-order chi connectivity index (χ1) is 12.3. The zero-order valence-corrected chi connectivity index (χ0v) is 18.4. The first-order valence-corrected chi connectivity index (χ1v) is 9.83. The van der Waals surface area contributed by atoms with Crippen LogP contribution in [-0.2, 0) is 17.8 Å². The lowest BCUT2D eigenvalue weighted by Crippen LogP contribution is -2.41. The summed E-state index contributed by atoms with van der Waals surface area (Å²) in [6.07, 6.45) is 2.22. The minimum atomic E-state index is 0. The number of nitrogens with zero attached hydrogens (tertiary/aromatic N) is 2. The van der Waals surface area contributed by atoms with Crippen LogP contribution in [0.4, 0.5) is 0 Å². The predicted molar refractivity (Wildman–Crippen MR) is 121 cm³/mol. The Bertz CT molecular complexity index is 648. The summed E-state index contributed by atoms with van der Waals surface area (Å²) in [5, 5.41) is 5.62. The Morgan fingerprint density at radius 1 is 1.27 bits per heavy atom. The molecule has 3 rings (SSSR count). The molecule has 0 bridgehead atoms. The van der Waals surface area contributed by atoms with Gasteiger partial charge in [0.2, 0.25) is 0 Å². The molecular weight excluding hydrogens is 457 g/mol. The number of aliphatic imine (C=N–C) groups is 1. The highest BCUT2D eigenvalue weighted by Crippen LogP contribution is 2.17. The number of nitrogens with one attached hydrogen (secondary N) is 1. The summed E-state index contributed by atoms with van der Waals surface area (Å²) in [7, 11) is 1.87. The Labute approximate surface area is 177 Å². The number of guanidine groups is 1. The zero-order chi connectivity index (χ0) is 17.3. The molecule has 1 atom stereocenters. The summed E-state index contributed by atoms with van der Waals surface area (Å²) in [5.41, 5.74) is 1.24. The van der Waals surface area contributed by atoms with E-state index in [0.29, 0.717) is 12.5 Å². The van der Waals surface area contributed by atoms with E-state index >= 15 is 0 Å². The maximum Gasteiger partial charge on any atom is 0.193 e. The molecule has 6 heteroatoms. The van der Waals surface area contributed by atoms with Crippen molar-refractivity contribution in [3.63, 3.8) is 0 Å². The number of rotatable bonds is 7. The van der Waals surface area contributed by atoms with Crippen molar-refractivity contribution >= 4 is 41.3 Å². The van der Waals surface area contributed by atoms with Crippen LogP contribution in [0, 0.1) is 5.92 Å². The van der Waals surface area contributed by atoms with Gasteiger partial charge in [-0.05, 0) is 29.9 Å². The van der Waals surface area contributed by atoms with Gasteiger partial charge in [0.15, 0.2) is 5.96 Å². The van der Waals surface area contributed by atoms with Gasteiger partial charge in [0.1, 0.15) is 0 Å². The molecule has 1 saturated heterocycles. The molecule has 1 aromatic carbocycles. The summed E-state index contributed by atoms with van der Waals surface area (Å²) in [6, 6.07) is 14.7. The van der Waals surface area contributed by atoms with Crippen LogP contribution in [0.25, 0.3) is 0 Å². The molecule has 26 heavy (non-hydrogen) atoms. The van der Waals surface area contributed by atoms with Gasteiger partial charge in [-0.15, -0.1) is 35.3 Å². The smallest absolute Gasteiger partial charge is 0.193 e. The van der Waals surface area contributed by atoms with E-state index in [1.165, 1.54) is 16.9 Å². The maximum absolute atomic E-state index is 5.91. The molecule has 0 saturated carbocycles. The van der Waals surface area contributed by atoms with Crippen LogP contribution in [0.5, 0.6) is 0 Å². The van der Waals surface area contributed by atoms with Gasteiger partial charge in [0.25, 0.3) is 0 Å². The molecule has 1 N–H and O–H groups in total. The van der Waals surface area contributed by atoms with E-state index in [9.17, 15) is 0 Å². The standard InChI is InChI=1S/C20H27N3OS.HI/c1-21-20(22-11-9-19-8-5-13-25-19)23-12-10-18(14-23)16-24-15-17-6-3-2-4-7-17;/h2-8,13,18H,9-12,14-16H2,1H3,(H,21,22);1H. The zero-order valence-electron chi connectivity index (χ0n) is 15.3. The highest BCUT2D eigenvalue weighted by molar-refractivity contribution is 14.0. The monoisotopic (exact) mass is 485 g/mol. The van der Waals surface area contributed by atoms with E-state index < -0.39 is 0 Å². The summed E-state index contributed by atoms with van der Waals surface area (Å²) >= 11 is 1.81. The van der Waals surface area contributed by atoms with Crippen molar-refractivity contribution in [2.45, 2.75) is 19.4 Å². The summed E-state index contributed by atoms with van der Waals surface area (Å²) < 4.78 is 5.91. The van der Waals surface area contributed by atoms with Crippen LogP contribution < -0.4 is 5.32 Å². The van der Waals surface area contributed by atoms with E-state index in [1.807, 2.05) is 24.5 Å². The highest BCUT2D eigenvalue weighted by atomic mass is 127. The molecule has 1 fully saturated rings. The second-order valence-corrected chi connectivity index (χ2v) is 7.44. The molecule has 1 aliphatic rings. The molecule has 2 heterocycles. The minimum absolute atomic E-state index is 0. The fourth-order valence-electron chi connectivity index (χ4n) is 3.16. The van der Waals surface area contributed by atoms with Crippen LogP contribution in [0.2, 0.25) is 0 Å². The predicted octanol–water partition coefficient (Wildman–Crippen LogP) is 4.02. The first-order valence-electron chi connectivity index (χ1n) is 8.95. The molecule has 0 aliphatic carbocycles. The lowest BCUT2D eigenvalue weighted by molar-refractivity contribution is 0.0907. The normalized spacial score (nSPS) is 17.2. The van der Waals surface area contributed by atoms with Crippen LogP contribution in [0.3, 0.4) is 0 Å². The van der Waals surface area contributed by atoms with Crippen LogP contribution in [0.15, 0.2) is 52.8 Å². The number of hydrogen-bond acceptors (Lipinski definition) is 3. The Kier molecular flexibility index (Phi) is 9.42. The lowest BCUT2D eigenvalue weighted by atomic mass is 10.1. The van der Waals surface area contributed by atoms with E-state index in [0.717, 1.165) is 38.6 Å². The van der Waals surface area contributed by atoms with Crippen molar-refractivity contribution in [3.05, 3.63) is 58.3 Å². The highest BCUT2D eigenvalue weighted by Gasteiger charge is 2.24. The number of hydrogen-bond donors (Lipinski definition) is 1. The Balaban J connectivity index is 0.00000243. The number of thiophene rings is 1. The Hall–Kier alpha value is -1.12. The molecule has 2 aromatic rings. The van der Waals surface area contributed by atoms with Crippen molar-refractivity contribution in [1.82, 2.24) is 10.2 Å². The van der Waals surface area contributed by atoms with Gasteiger partial charge < -0.3 is 15.0 Å². The van der Waals surface area contributed by atoms with Crippen molar-refractivity contribution in [1.29, 1.82) is 0 Å². The lowest BCUT2D eigenvalue weighted by Gasteiger charge is -2.21. The van der Waals surface area contributed by atoms with Gasteiger partial charge in [0, 0.05) is 37.5 Å². The molecule has 4 nitrogen and oxygen atoms in total.